The van der Waals surface area contributed by atoms with E-state index in [9.17, 15) is 0 Å². The minimum absolute atomic E-state index is 0. The van der Waals surface area contributed by atoms with E-state index < -0.39 is 14.0 Å². The average Bonchev–Trinajstić information content (AvgIpc) is 3.43. The van der Waals surface area contributed by atoms with Gasteiger partial charge < -0.3 is 14.4 Å². The summed E-state index contributed by atoms with van der Waals surface area (Å²) in [6, 6.07) is 43.1. The largest absolute Gasteiger partial charge is 0.500 e. The predicted octanol–water partition coefficient (Wildman–Crippen LogP) is 10.3. The first-order chi connectivity index (χ1) is 21.6. The Bertz CT molecular complexity index is 2060. The summed E-state index contributed by atoms with van der Waals surface area (Å²) in [5.74, 6) is -0.676. The van der Waals surface area contributed by atoms with Crippen LogP contribution in [0.3, 0.4) is 0 Å². The number of aromatic nitrogens is 2. The molecule has 0 saturated heterocycles. The second-order valence-corrected chi connectivity index (χ2v) is 17.2. The van der Waals surface area contributed by atoms with Crippen molar-refractivity contribution in [2.24, 2.45) is 0 Å². The van der Waals surface area contributed by atoms with Gasteiger partial charge in [-0.05, 0) is 45.7 Å². The molecule has 227 valence electrons. The van der Waals surface area contributed by atoms with Crippen molar-refractivity contribution in [2.45, 2.75) is 39.4 Å². The van der Waals surface area contributed by atoms with Crippen molar-refractivity contribution < 1.29 is 25.9 Å². The molecule has 0 aliphatic rings. The summed E-state index contributed by atoms with van der Waals surface area (Å²) >= 11 is 0. The maximum Gasteiger partial charge on any atom is 0.121 e. The molecule has 7 rings (SSSR count). The van der Waals surface area contributed by atoms with Gasteiger partial charge >= 0.3 is 0 Å². The maximum atomic E-state index is 8.32. The fourth-order valence-electron chi connectivity index (χ4n) is 5.21. The van der Waals surface area contributed by atoms with E-state index in [0.717, 1.165) is 61.1 Å². The van der Waals surface area contributed by atoms with Crippen LogP contribution in [-0.2, 0) is 20.1 Å². The third kappa shape index (κ3) is 7.23. The minimum atomic E-state index is -1.23. The second-order valence-electron chi connectivity index (χ2n) is 12.2. The van der Waals surface area contributed by atoms with E-state index in [-0.39, 0.29) is 20.1 Å². The molecule has 3 heterocycles. The Morgan fingerprint density at radius 3 is 2.24 bits per heavy atom. The molecule has 0 spiro atoms. The molecule has 45 heavy (non-hydrogen) atoms. The summed E-state index contributed by atoms with van der Waals surface area (Å²) in [7, 11) is -1.23. The molecule has 1 radical (unpaired) electrons. The number of nitrogens with zero attached hydrogens (tertiary/aromatic N) is 2. The van der Waals surface area contributed by atoms with Crippen molar-refractivity contribution in [1.82, 2.24) is 9.97 Å². The summed E-state index contributed by atoms with van der Waals surface area (Å²) < 4.78 is 14.4. The van der Waals surface area contributed by atoms with Crippen LogP contribution in [0.2, 0.25) is 19.6 Å². The zero-order valence-corrected chi connectivity index (χ0v) is 29.6. The van der Waals surface area contributed by atoms with Crippen molar-refractivity contribution in [3.63, 3.8) is 0 Å². The smallest absolute Gasteiger partial charge is 0.121 e. The van der Waals surface area contributed by atoms with Gasteiger partial charge in [0.25, 0.3) is 0 Å². The van der Waals surface area contributed by atoms with Crippen molar-refractivity contribution in [3.05, 3.63) is 139 Å². The van der Waals surface area contributed by atoms with Crippen LogP contribution in [0.1, 0.15) is 26.7 Å². The van der Waals surface area contributed by atoms with E-state index in [4.69, 9.17) is 5.79 Å². The monoisotopic (exact) mass is 782 g/mol. The maximum absolute atomic E-state index is 8.32. The van der Waals surface area contributed by atoms with E-state index in [0.29, 0.717) is 0 Å². The van der Waals surface area contributed by atoms with Gasteiger partial charge in [0.15, 0.2) is 0 Å². The molecule has 4 aromatic carbocycles. The van der Waals surface area contributed by atoms with Crippen LogP contribution in [0.25, 0.3) is 55.6 Å². The number of rotatable bonds is 5. The molecular formula is C40H36IrN2OSi-2. The molecule has 0 saturated carbocycles. The Morgan fingerprint density at radius 1 is 0.756 bits per heavy atom. The second kappa shape index (κ2) is 13.9. The van der Waals surface area contributed by atoms with Gasteiger partial charge in [0.2, 0.25) is 0 Å². The van der Waals surface area contributed by atoms with Crippen LogP contribution in [-0.4, -0.2) is 18.0 Å². The molecule has 0 atom stereocenters. The van der Waals surface area contributed by atoms with Crippen LogP contribution < -0.4 is 5.19 Å². The predicted molar refractivity (Wildman–Crippen MR) is 187 cm³/mol. The number of hydrogen-bond acceptors (Lipinski definition) is 3. The Kier molecular flexibility index (Phi) is 9.51. The third-order valence-electron chi connectivity index (χ3n) is 7.74. The van der Waals surface area contributed by atoms with Gasteiger partial charge in [0.1, 0.15) is 5.58 Å². The molecule has 3 nitrogen and oxygen atoms in total. The number of furan rings is 1. The van der Waals surface area contributed by atoms with Gasteiger partial charge in [-0.3, -0.25) is 0 Å². The van der Waals surface area contributed by atoms with Gasteiger partial charge in [-0.2, -0.15) is 0 Å². The first kappa shape index (κ1) is 30.9. The summed E-state index contributed by atoms with van der Waals surface area (Å²) in [5.41, 5.74) is 8.68. The Labute approximate surface area is 282 Å². The van der Waals surface area contributed by atoms with E-state index in [1.165, 1.54) is 5.19 Å². The molecule has 0 bridgehead atoms. The topological polar surface area (TPSA) is 38.9 Å². The van der Waals surface area contributed by atoms with Crippen LogP contribution in [0.5, 0.6) is 0 Å². The Balaban J connectivity index is 0.000000209. The van der Waals surface area contributed by atoms with Crippen molar-refractivity contribution in [3.8, 4) is 33.6 Å². The summed E-state index contributed by atoms with van der Waals surface area (Å²) in [5, 5.41) is 3.54. The van der Waals surface area contributed by atoms with E-state index in [1.54, 1.807) is 6.20 Å². The molecule has 7 aromatic rings. The number of hydrogen-bond donors (Lipinski definition) is 0. The first-order valence-corrected chi connectivity index (χ1v) is 18.4. The third-order valence-corrected chi connectivity index (χ3v) is 9.77. The molecule has 0 unspecified atom stereocenters. The summed E-state index contributed by atoms with van der Waals surface area (Å²) in [6.07, 6.45) is 3.78. The number of fused-ring (bicyclic) bond motifs is 3. The van der Waals surface area contributed by atoms with Crippen LogP contribution in [0.4, 0.5) is 0 Å². The summed E-state index contributed by atoms with van der Waals surface area (Å²) in [6.45, 7) is 10.8. The standard InChI is InChI=1S/C26H20NO.C14H16NSi.Ir/c1-17(2)19-13-14-27-23(16-19)20-11-12-24-22(15-20)26-21(9-6-10-25(26)28-24)18-7-4-3-5-8-18;1-16(2,3)13-9-10-14(15-11-13)12-7-5-4-6-8-12;/h3-10,12-17H,1-2H3;4-7,9-11H,1-3H3;/q2*-1;/i17D;;. The fraction of sp³-hybridized carbons (Fsp3) is 0.150. The molecule has 0 aliphatic carbocycles. The van der Waals surface area contributed by atoms with Crippen LogP contribution in [0.15, 0.2) is 126 Å². The molecule has 0 aliphatic heterocycles. The van der Waals surface area contributed by atoms with E-state index >= 15 is 0 Å². The van der Waals surface area contributed by atoms with Crippen molar-refractivity contribution >= 4 is 35.2 Å². The molecule has 0 amide bonds. The average molecular weight is 782 g/mol. The SMILES string of the molecule is C[Si](C)(C)c1ccc(-c2[c-]cccc2)nc1.[2H]C(C)(C)c1ccnc(-c2[c-]cc3oc4cccc(-c5ccccc5)c4c3c2)c1.[Ir]. The number of benzene rings is 4. The Hall–Kier alpha value is -4.15. The number of pyridine rings is 2. The molecule has 0 fully saturated rings. The van der Waals surface area contributed by atoms with Crippen LogP contribution in [0, 0.1) is 12.1 Å². The van der Waals surface area contributed by atoms with Gasteiger partial charge in [-0.1, -0.05) is 105 Å². The van der Waals surface area contributed by atoms with Gasteiger partial charge in [-0.25, -0.2) is 0 Å². The summed E-state index contributed by atoms with van der Waals surface area (Å²) in [4.78, 5) is 9.05. The van der Waals surface area contributed by atoms with Gasteiger partial charge in [0, 0.05) is 39.3 Å². The van der Waals surface area contributed by atoms with Gasteiger partial charge in [-0.15, -0.1) is 59.7 Å². The Morgan fingerprint density at radius 2 is 1.56 bits per heavy atom. The van der Waals surface area contributed by atoms with E-state index in [1.807, 2.05) is 92.8 Å². The van der Waals surface area contributed by atoms with Crippen LogP contribution >= 0.6 is 0 Å². The fourth-order valence-corrected chi connectivity index (χ4v) is 6.25. The molecule has 5 heteroatoms. The normalized spacial score (nSPS) is 11.8. The first-order valence-electron chi connectivity index (χ1n) is 15.4. The van der Waals surface area contributed by atoms with E-state index in [2.05, 4.69) is 78.1 Å². The quantitative estimate of drug-likeness (QED) is 0.129. The molecular weight excluding hydrogens is 745 g/mol. The zero-order chi connectivity index (χ0) is 31.6. The van der Waals surface area contributed by atoms with Crippen molar-refractivity contribution in [1.29, 1.82) is 0 Å². The van der Waals surface area contributed by atoms with Gasteiger partial charge in [0.05, 0.1) is 13.7 Å². The molecule has 3 aromatic heterocycles. The zero-order valence-electron chi connectivity index (χ0n) is 27.2. The molecule has 0 N–H and O–H groups in total. The minimum Gasteiger partial charge on any atom is -0.500 e. The van der Waals surface area contributed by atoms with Crippen molar-refractivity contribution in [2.75, 3.05) is 0 Å².